The fourth-order valence-electron chi connectivity index (χ4n) is 1.66. The lowest BCUT2D eigenvalue weighted by Crippen LogP contribution is -2.18. The number of rotatable bonds is 6. The highest BCUT2D eigenvalue weighted by Crippen LogP contribution is 2.16. The van der Waals surface area contributed by atoms with Crippen LogP contribution in [-0.4, -0.2) is 22.1 Å². The molecular formula is C13H20N2O2. The van der Waals surface area contributed by atoms with E-state index in [4.69, 9.17) is 5.11 Å². The van der Waals surface area contributed by atoms with Gasteiger partial charge in [-0.1, -0.05) is 19.8 Å². The molecule has 0 aliphatic rings. The highest BCUT2D eigenvalue weighted by atomic mass is 16.4. The molecule has 0 aliphatic heterocycles. The van der Waals surface area contributed by atoms with Crippen molar-refractivity contribution in [3.63, 3.8) is 0 Å². The van der Waals surface area contributed by atoms with Gasteiger partial charge >= 0.3 is 5.97 Å². The third kappa shape index (κ3) is 4.06. The Balaban J connectivity index is 2.81. The highest BCUT2D eigenvalue weighted by Gasteiger charge is 2.13. The Labute approximate surface area is 102 Å². The van der Waals surface area contributed by atoms with Gasteiger partial charge in [-0.2, -0.15) is 0 Å². The second kappa shape index (κ2) is 6.23. The van der Waals surface area contributed by atoms with Gasteiger partial charge in [-0.05, 0) is 32.4 Å². The van der Waals surface area contributed by atoms with Crippen LogP contribution in [0.2, 0.25) is 0 Å². The minimum atomic E-state index is -0.942. The zero-order chi connectivity index (χ0) is 12.8. The van der Waals surface area contributed by atoms with Crippen molar-refractivity contribution in [3.05, 3.63) is 23.4 Å². The number of aromatic nitrogens is 1. The summed E-state index contributed by atoms with van der Waals surface area (Å²) in [4.78, 5) is 15.3. The Hall–Kier alpha value is -1.58. The summed E-state index contributed by atoms with van der Waals surface area (Å²) in [5, 5.41) is 12.2. The molecule has 94 valence electrons. The predicted molar refractivity (Wildman–Crippen MR) is 68.5 cm³/mol. The van der Waals surface area contributed by atoms with Gasteiger partial charge in [-0.25, -0.2) is 9.78 Å². The van der Waals surface area contributed by atoms with Crippen LogP contribution in [0.25, 0.3) is 0 Å². The lowest BCUT2D eigenvalue weighted by Gasteiger charge is -2.16. The second-order valence-corrected chi connectivity index (χ2v) is 4.34. The van der Waals surface area contributed by atoms with Crippen LogP contribution >= 0.6 is 0 Å². The van der Waals surface area contributed by atoms with Crippen molar-refractivity contribution in [2.24, 2.45) is 0 Å². The summed E-state index contributed by atoms with van der Waals surface area (Å²) in [6, 6.07) is 3.55. The number of aryl methyl sites for hydroxylation is 1. The van der Waals surface area contributed by atoms with Gasteiger partial charge in [0.25, 0.3) is 0 Å². The molecule has 0 aliphatic carbocycles. The minimum Gasteiger partial charge on any atom is -0.478 e. The number of carboxylic acid groups (broad SMARTS) is 1. The van der Waals surface area contributed by atoms with E-state index in [1.54, 1.807) is 12.1 Å². The number of unbranched alkanes of at least 4 members (excludes halogenated alkanes) is 1. The van der Waals surface area contributed by atoms with E-state index < -0.39 is 5.97 Å². The molecule has 0 bridgehead atoms. The summed E-state index contributed by atoms with van der Waals surface area (Å²) in [6.45, 7) is 6.04. The lowest BCUT2D eigenvalue weighted by molar-refractivity contribution is 0.0697. The van der Waals surface area contributed by atoms with Crippen LogP contribution in [0.4, 0.5) is 5.82 Å². The monoisotopic (exact) mass is 236 g/mol. The maximum Gasteiger partial charge on any atom is 0.339 e. The molecule has 0 spiro atoms. The van der Waals surface area contributed by atoms with Gasteiger partial charge in [0, 0.05) is 11.7 Å². The summed E-state index contributed by atoms with van der Waals surface area (Å²) < 4.78 is 0. The van der Waals surface area contributed by atoms with Crippen molar-refractivity contribution in [2.45, 2.75) is 46.1 Å². The molecule has 4 heteroatoms. The van der Waals surface area contributed by atoms with Crippen molar-refractivity contribution in [3.8, 4) is 0 Å². The zero-order valence-corrected chi connectivity index (χ0v) is 10.7. The molecule has 1 aromatic heterocycles. The summed E-state index contributed by atoms with van der Waals surface area (Å²) in [6.07, 6.45) is 3.28. The fraction of sp³-hybridized carbons (Fsp3) is 0.538. The number of carbonyl (C=O) groups is 1. The molecule has 1 aromatic rings. The van der Waals surface area contributed by atoms with Crippen molar-refractivity contribution in [1.82, 2.24) is 4.98 Å². The summed E-state index contributed by atoms with van der Waals surface area (Å²) in [5.74, 6) is -0.469. The summed E-state index contributed by atoms with van der Waals surface area (Å²) in [7, 11) is 0. The van der Waals surface area contributed by atoms with Gasteiger partial charge in [0.05, 0.1) is 0 Å². The Morgan fingerprint density at radius 1 is 1.53 bits per heavy atom. The van der Waals surface area contributed by atoms with Crippen molar-refractivity contribution in [1.29, 1.82) is 0 Å². The maximum atomic E-state index is 11.0. The maximum absolute atomic E-state index is 11.0. The molecule has 17 heavy (non-hydrogen) atoms. The normalized spacial score (nSPS) is 12.2. The van der Waals surface area contributed by atoms with Crippen LogP contribution in [0.1, 0.15) is 49.2 Å². The van der Waals surface area contributed by atoms with Crippen LogP contribution in [0.3, 0.4) is 0 Å². The van der Waals surface area contributed by atoms with Crippen molar-refractivity contribution < 1.29 is 9.90 Å². The molecule has 2 N–H and O–H groups in total. The molecule has 1 atom stereocenters. The number of carboxylic acids is 1. The lowest BCUT2D eigenvalue weighted by atomic mass is 10.1. The first-order valence-corrected chi connectivity index (χ1v) is 6.02. The van der Waals surface area contributed by atoms with Crippen LogP contribution in [0.5, 0.6) is 0 Å². The number of hydrogen-bond donors (Lipinski definition) is 2. The van der Waals surface area contributed by atoms with Crippen LogP contribution in [0.15, 0.2) is 12.1 Å². The van der Waals surface area contributed by atoms with Gasteiger partial charge in [-0.15, -0.1) is 0 Å². The van der Waals surface area contributed by atoms with Crippen LogP contribution in [0, 0.1) is 6.92 Å². The van der Waals surface area contributed by atoms with Crippen LogP contribution < -0.4 is 5.32 Å². The van der Waals surface area contributed by atoms with E-state index in [1.165, 1.54) is 0 Å². The summed E-state index contributed by atoms with van der Waals surface area (Å²) in [5.41, 5.74) is 1.05. The number of nitrogens with zero attached hydrogens (tertiary/aromatic N) is 1. The van der Waals surface area contributed by atoms with Gasteiger partial charge in [-0.3, -0.25) is 0 Å². The van der Waals surface area contributed by atoms with Crippen molar-refractivity contribution >= 4 is 11.8 Å². The van der Waals surface area contributed by atoms with E-state index in [2.05, 4.69) is 17.2 Å². The average molecular weight is 236 g/mol. The van der Waals surface area contributed by atoms with Gasteiger partial charge in [0.1, 0.15) is 11.4 Å². The number of nitrogens with one attached hydrogen (secondary N) is 1. The SMILES string of the molecule is CCCCC(C)Nc1nc(C)ccc1C(=O)O. The smallest absolute Gasteiger partial charge is 0.339 e. The van der Waals surface area contributed by atoms with E-state index in [0.29, 0.717) is 5.82 Å². The zero-order valence-electron chi connectivity index (χ0n) is 10.7. The quantitative estimate of drug-likeness (QED) is 0.796. The molecular weight excluding hydrogens is 216 g/mol. The van der Waals surface area contributed by atoms with E-state index in [1.807, 2.05) is 13.8 Å². The molecule has 0 aromatic carbocycles. The Morgan fingerprint density at radius 3 is 2.82 bits per heavy atom. The minimum absolute atomic E-state index is 0.235. The first-order chi connectivity index (χ1) is 8.04. The molecule has 1 rings (SSSR count). The van der Waals surface area contributed by atoms with E-state index >= 15 is 0 Å². The third-order valence-electron chi connectivity index (χ3n) is 2.64. The average Bonchev–Trinajstić information content (AvgIpc) is 2.26. The highest BCUT2D eigenvalue weighted by molar-refractivity contribution is 5.93. The Morgan fingerprint density at radius 2 is 2.24 bits per heavy atom. The standard InChI is InChI=1S/C13H20N2O2/c1-4-5-6-9(2)14-12-11(13(16)17)8-7-10(3)15-12/h7-9H,4-6H2,1-3H3,(H,14,15)(H,16,17). The topological polar surface area (TPSA) is 62.2 Å². The molecule has 0 fully saturated rings. The second-order valence-electron chi connectivity index (χ2n) is 4.34. The number of anilines is 1. The summed E-state index contributed by atoms with van der Waals surface area (Å²) >= 11 is 0. The molecule has 1 unspecified atom stereocenters. The molecule has 0 saturated carbocycles. The molecule has 4 nitrogen and oxygen atoms in total. The third-order valence-corrected chi connectivity index (χ3v) is 2.64. The molecule has 0 radical (unpaired) electrons. The van der Waals surface area contributed by atoms with Gasteiger partial charge < -0.3 is 10.4 Å². The van der Waals surface area contributed by atoms with Gasteiger partial charge in [0.2, 0.25) is 0 Å². The molecule has 0 saturated heterocycles. The number of pyridine rings is 1. The Bertz CT molecular complexity index is 391. The largest absolute Gasteiger partial charge is 0.478 e. The fourth-order valence-corrected chi connectivity index (χ4v) is 1.66. The number of aromatic carboxylic acids is 1. The van der Waals surface area contributed by atoms with E-state index in [-0.39, 0.29) is 11.6 Å². The predicted octanol–water partition coefficient (Wildman–Crippen LogP) is 3.08. The van der Waals surface area contributed by atoms with Crippen molar-refractivity contribution in [2.75, 3.05) is 5.32 Å². The van der Waals surface area contributed by atoms with Gasteiger partial charge in [0.15, 0.2) is 0 Å². The van der Waals surface area contributed by atoms with E-state index in [9.17, 15) is 4.79 Å². The number of hydrogen-bond acceptors (Lipinski definition) is 3. The first-order valence-electron chi connectivity index (χ1n) is 6.02. The van der Waals surface area contributed by atoms with E-state index in [0.717, 1.165) is 25.0 Å². The first kappa shape index (κ1) is 13.5. The van der Waals surface area contributed by atoms with Crippen LogP contribution in [-0.2, 0) is 0 Å². The molecule has 0 amide bonds. The Kier molecular flexibility index (Phi) is 4.94. The molecule has 1 heterocycles.